The van der Waals surface area contributed by atoms with Crippen molar-refractivity contribution < 1.29 is 9.53 Å². The van der Waals surface area contributed by atoms with Crippen molar-refractivity contribution in [2.45, 2.75) is 46.6 Å². The van der Waals surface area contributed by atoms with Gasteiger partial charge in [0.25, 0.3) is 0 Å². The lowest BCUT2D eigenvalue weighted by molar-refractivity contribution is 0.151. The maximum absolute atomic E-state index is 13.5. The standard InChI is InChI=1S/C28H33N3O2/c1-17-8-23-14-31(15-24(23)9-17)28(32)30-6-7-33-27-18(2)10-22(12-25(27)16-30)20-4-5-21-11-19(3)29-26(21)13-20/h4-5,10,12-13,17,23-24H,6-9,11,14-16H2,1-3H3/t17?,23-,24+. The Morgan fingerprint density at radius 3 is 2.58 bits per heavy atom. The molecule has 0 N–H and O–H groups in total. The Hall–Kier alpha value is -2.82. The Bertz CT molecular complexity index is 1140. The molecule has 0 spiro atoms. The van der Waals surface area contributed by atoms with E-state index < -0.39 is 0 Å². The van der Waals surface area contributed by atoms with Crippen LogP contribution >= 0.6 is 0 Å². The predicted octanol–water partition coefficient (Wildman–Crippen LogP) is 5.60. The third-order valence-corrected chi connectivity index (χ3v) is 8.02. The van der Waals surface area contributed by atoms with E-state index in [1.807, 2.05) is 4.90 Å². The molecular weight excluding hydrogens is 410 g/mol. The summed E-state index contributed by atoms with van der Waals surface area (Å²) in [4.78, 5) is 22.3. The number of carbonyl (C=O) groups excluding carboxylic acids is 1. The second-order valence-corrected chi connectivity index (χ2v) is 10.7. The first-order chi connectivity index (χ1) is 15.9. The SMILES string of the molecule is CC1=Nc2cc(-c3cc(C)c4c(c3)CN(C(=O)N3C[C@H]5CC(C)C[C@H]5C3)CCO4)ccc2C1. The van der Waals surface area contributed by atoms with Gasteiger partial charge in [0, 0.05) is 30.8 Å². The van der Waals surface area contributed by atoms with E-state index >= 15 is 0 Å². The summed E-state index contributed by atoms with van der Waals surface area (Å²) in [6.07, 6.45) is 3.49. The molecule has 1 saturated carbocycles. The van der Waals surface area contributed by atoms with E-state index in [0.29, 0.717) is 31.5 Å². The van der Waals surface area contributed by atoms with Gasteiger partial charge in [-0.3, -0.25) is 4.99 Å². The molecule has 2 amide bonds. The highest BCUT2D eigenvalue weighted by Gasteiger charge is 2.42. The summed E-state index contributed by atoms with van der Waals surface area (Å²) in [6.45, 7) is 10.2. The lowest BCUT2D eigenvalue weighted by Gasteiger charge is -2.27. The van der Waals surface area contributed by atoms with Crippen LogP contribution in [0.1, 0.15) is 43.4 Å². The van der Waals surface area contributed by atoms with Gasteiger partial charge in [-0.05, 0) is 84.9 Å². The minimum Gasteiger partial charge on any atom is -0.491 e. The number of hydrogen-bond donors (Lipinski definition) is 0. The maximum Gasteiger partial charge on any atom is 0.320 e. The molecule has 0 aromatic heterocycles. The molecule has 172 valence electrons. The van der Waals surface area contributed by atoms with Gasteiger partial charge in [-0.2, -0.15) is 0 Å². The van der Waals surface area contributed by atoms with Gasteiger partial charge in [-0.1, -0.05) is 19.1 Å². The van der Waals surface area contributed by atoms with Crippen molar-refractivity contribution in [2.75, 3.05) is 26.2 Å². The quantitative estimate of drug-likeness (QED) is 0.576. The smallest absolute Gasteiger partial charge is 0.320 e. The summed E-state index contributed by atoms with van der Waals surface area (Å²) in [5.41, 5.74) is 8.11. The number of benzene rings is 2. The molecule has 2 fully saturated rings. The number of carbonyl (C=O) groups is 1. The highest BCUT2D eigenvalue weighted by atomic mass is 16.5. The average Bonchev–Trinajstić information content (AvgIpc) is 3.39. The number of nitrogens with zero attached hydrogens (tertiary/aromatic N) is 3. The molecule has 5 heteroatoms. The fourth-order valence-corrected chi connectivity index (χ4v) is 6.52. The third-order valence-electron chi connectivity index (χ3n) is 8.02. The van der Waals surface area contributed by atoms with Gasteiger partial charge in [0.2, 0.25) is 0 Å². The van der Waals surface area contributed by atoms with E-state index in [2.05, 4.69) is 56.0 Å². The summed E-state index contributed by atoms with van der Waals surface area (Å²) < 4.78 is 6.16. The van der Waals surface area contributed by atoms with Crippen molar-refractivity contribution in [3.05, 3.63) is 47.0 Å². The Morgan fingerprint density at radius 1 is 1.00 bits per heavy atom. The number of likely N-dealkylation sites (tertiary alicyclic amines) is 1. The summed E-state index contributed by atoms with van der Waals surface area (Å²) in [7, 11) is 0. The highest BCUT2D eigenvalue weighted by Crippen LogP contribution is 2.42. The number of ether oxygens (including phenoxy) is 1. The van der Waals surface area contributed by atoms with Gasteiger partial charge in [0.15, 0.2) is 0 Å². The summed E-state index contributed by atoms with van der Waals surface area (Å²) in [5.74, 6) is 3.14. The van der Waals surface area contributed by atoms with E-state index in [9.17, 15) is 4.79 Å². The zero-order chi connectivity index (χ0) is 22.7. The van der Waals surface area contributed by atoms with Crippen molar-refractivity contribution in [3.63, 3.8) is 0 Å². The molecule has 1 aliphatic carbocycles. The predicted molar refractivity (Wildman–Crippen MR) is 131 cm³/mol. The minimum atomic E-state index is 0.180. The summed E-state index contributed by atoms with van der Waals surface area (Å²) in [5, 5.41) is 0. The number of rotatable bonds is 1. The fourth-order valence-electron chi connectivity index (χ4n) is 6.52. The molecule has 33 heavy (non-hydrogen) atoms. The zero-order valence-electron chi connectivity index (χ0n) is 19.9. The molecule has 3 heterocycles. The topological polar surface area (TPSA) is 45.1 Å². The molecule has 5 nitrogen and oxygen atoms in total. The molecule has 1 saturated heterocycles. The van der Waals surface area contributed by atoms with Gasteiger partial charge >= 0.3 is 6.03 Å². The largest absolute Gasteiger partial charge is 0.491 e. The van der Waals surface area contributed by atoms with Crippen molar-refractivity contribution in [1.29, 1.82) is 0 Å². The van der Waals surface area contributed by atoms with Gasteiger partial charge < -0.3 is 14.5 Å². The van der Waals surface area contributed by atoms with Crippen molar-refractivity contribution in [1.82, 2.24) is 9.80 Å². The Balaban J connectivity index is 1.26. The van der Waals surface area contributed by atoms with E-state index in [0.717, 1.165) is 53.6 Å². The van der Waals surface area contributed by atoms with Crippen LogP contribution in [0.25, 0.3) is 11.1 Å². The monoisotopic (exact) mass is 443 g/mol. The molecule has 1 unspecified atom stereocenters. The van der Waals surface area contributed by atoms with E-state index in [1.165, 1.54) is 29.7 Å². The Morgan fingerprint density at radius 2 is 1.79 bits per heavy atom. The Labute approximate surface area is 196 Å². The molecule has 2 aromatic carbocycles. The van der Waals surface area contributed by atoms with Crippen LogP contribution in [0.4, 0.5) is 10.5 Å². The number of aliphatic imine (C=N–C) groups is 1. The van der Waals surface area contributed by atoms with Crippen molar-refractivity contribution in [3.8, 4) is 16.9 Å². The second-order valence-electron chi connectivity index (χ2n) is 10.7. The van der Waals surface area contributed by atoms with Crippen molar-refractivity contribution in [2.24, 2.45) is 22.7 Å². The van der Waals surface area contributed by atoms with E-state index in [-0.39, 0.29) is 6.03 Å². The van der Waals surface area contributed by atoms with Crippen molar-refractivity contribution >= 4 is 17.4 Å². The highest BCUT2D eigenvalue weighted by molar-refractivity contribution is 5.93. The van der Waals surface area contributed by atoms with Crippen LogP contribution in [0.3, 0.4) is 0 Å². The number of urea groups is 1. The summed E-state index contributed by atoms with van der Waals surface area (Å²) >= 11 is 0. The molecule has 0 bridgehead atoms. The van der Waals surface area contributed by atoms with Gasteiger partial charge in [0.05, 0.1) is 18.8 Å². The molecule has 3 atom stereocenters. The van der Waals surface area contributed by atoms with Gasteiger partial charge in [-0.25, -0.2) is 4.79 Å². The van der Waals surface area contributed by atoms with Crippen LogP contribution in [-0.2, 0) is 13.0 Å². The van der Waals surface area contributed by atoms with Crippen LogP contribution in [0.5, 0.6) is 5.75 Å². The molecular formula is C28H33N3O2. The lowest BCUT2D eigenvalue weighted by atomic mass is 9.97. The molecule has 3 aliphatic heterocycles. The zero-order valence-corrected chi connectivity index (χ0v) is 19.9. The maximum atomic E-state index is 13.5. The molecule has 4 aliphatic rings. The Kier molecular flexibility index (Phi) is 4.97. The van der Waals surface area contributed by atoms with Crippen LogP contribution in [0, 0.1) is 24.7 Å². The fraction of sp³-hybridized carbons (Fsp3) is 0.500. The minimum absolute atomic E-state index is 0.180. The number of fused-ring (bicyclic) bond motifs is 3. The van der Waals surface area contributed by atoms with Gasteiger partial charge in [-0.15, -0.1) is 0 Å². The first kappa shape index (κ1) is 20.8. The van der Waals surface area contributed by atoms with E-state index in [1.54, 1.807) is 0 Å². The van der Waals surface area contributed by atoms with E-state index in [4.69, 9.17) is 9.73 Å². The van der Waals surface area contributed by atoms with Gasteiger partial charge in [0.1, 0.15) is 12.4 Å². The lowest BCUT2D eigenvalue weighted by Crippen LogP contribution is -2.43. The third kappa shape index (κ3) is 3.71. The molecule has 6 rings (SSSR count). The first-order valence-corrected chi connectivity index (χ1v) is 12.4. The molecule has 0 radical (unpaired) electrons. The normalized spacial score (nSPS) is 25.8. The second kappa shape index (κ2) is 7.89. The first-order valence-electron chi connectivity index (χ1n) is 12.4. The van der Waals surface area contributed by atoms with Crippen LogP contribution in [0.2, 0.25) is 0 Å². The number of hydrogen-bond acceptors (Lipinski definition) is 3. The van der Waals surface area contributed by atoms with Crippen LogP contribution < -0.4 is 4.74 Å². The summed E-state index contributed by atoms with van der Waals surface area (Å²) in [6, 6.07) is 11.2. The number of aryl methyl sites for hydroxylation is 1. The number of amides is 2. The average molecular weight is 444 g/mol. The molecule has 2 aromatic rings. The van der Waals surface area contributed by atoms with Crippen LogP contribution in [0.15, 0.2) is 35.3 Å². The van der Waals surface area contributed by atoms with Crippen LogP contribution in [-0.4, -0.2) is 47.8 Å².